The molecule has 11 rings (SSSR count). The number of allylic oxidation sites excluding steroid dienone is 1. The highest BCUT2D eigenvalue weighted by molar-refractivity contribution is 7.99. The number of nitrogens with one attached hydrogen (secondary N) is 4. The van der Waals surface area contributed by atoms with Gasteiger partial charge in [-0.2, -0.15) is 0 Å². The normalized spacial score (nSPS) is 18.8. The van der Waals surface area contributed by atoms with E-state index in [0.29, 0.717) is 49.6 Å². The number of likely N-dealkylation sites (N-methyl/N-ethyl adjacent to an activating group) is 1. The van der Waals surface area contributed by atoms with Gasteiger partial charge in [0, 0.05) is 110 Å². The molecule has 3 saturated heterocycles. The maximum absolute atomic E-state index is 14.2. The highest BCUT2D eigenvalue weighted by Gasteiger charge is 2.40. The Morgan fingerprint density at radius 1 is 0.931 bits per heavy atom. The van der Waals surface area contributed by atoms with Gasteiger partial charge in [0.05, 0.1) is 21.6 Å². The van der Waals surface area contributed by atoms with Crippen LogP contribution in [-0.2, 0) is 26.2 Å². The van der Waals surface area contributed by atoms with Crippen molar-refractivity contribution in [1.82, 2.24) is 39.6 Å². The molecule has 0 saturated carbocycles. The van der Waals surface area contributed by atoms with E-state index in [1.807, 2.05) is 36.4 Å². The summed E-state index contributed by atoms with van der Waals surface area (Å²) in [4.78, 5) is 82.7. The predicted octanol–water partition coefficient (Wildman–Crippen LogP) is 9.82. The number of fused-ring (bicyclic) bond motifs is 2. The highest BCUT2D eigenvalue weighted by atomic mass is 35.5. The number of benzene rings is 4. The van der Waals surface area contributed by atoms with Gasteiger partial charge in [0.1, 0.15) is 28.9 Å². The number of carbonyl (C=O) groups is 4. The molecule has 0 spiro atoms. The summed E-state index contributed by atoms with van der Waals surface area (Å²) in [5.41, 5.74) is 7.00. The lowest BCUT2D eigenvalue weighted by atomic mass is 9.72. The summed E-state index contributed by atoms with van der Waals surface area (Å²) >= 11 is 7.99. The first kappa shape index (κ1) is 61.3. The molecule has 20 nitrogen and oxygen atoms in total. The Hall–Kier alpha value is -7.34. The summed E-state index contributed by atoms with van der Waals surface area (Å²) in [5.74, 6) is -0.298. The fraction of sp³-hybridized carbons (Fsp3) is 0.422. The van der Waals surface area contributed by atoms with Crippen LogP contribution in [0.4, 0.5) is 17.1 Å². The van der Waals surface area contributed by atoms with Gasteiger partial charge in [-0.3, -0.25) is 39.5 Å². The molecule has 0 radical (unpaired) electrons. The van der Waals surface area contributed by atoms with Gasteiger partial charge in [0.15, 0.2) is 0 Å². The second kappa shape index (κ2) is 26.6. The molecule has 458 valence electrons. The smallest absolute Gasteiger partial charge is 0.293 e. The SMILES string of the molecule is CN(CCCSc1cccc2c1CN(C1CCC(=O)NC1=O)C2=O)CCN1CCC(CNc2ccc(S(=O)(=O)NC(=O)c3ccc(N4CCN(CC5=C(c6ccc(Cl)cc6)CC(C)(C)CC5)CC4)cc3Oc3cnc4[nH]ccc4c3)cc2[N+](=O)[O-])CC1. The van der Waals surface area contributed by atoms with Crippen LogP contribution in [0.2, 0.25) is 5.02 Å². The van der Waals surface area contributed by atoms with E-state index in [1.165, 1.54) is 35.0 Å². The second-order valence-electron chi connectivity index (χ2n) is 24.3. The van der Waals surface area contributed by atoms with Gasteiger partial charge in [-0.1, -0.05) is 49.2 Å². The minimum absolute atomic E-state index is 0.0507. The third-order valence-corrected chi connectivity index (χ3v) is 20.4. The van der Waals surface area contributed by atoms with Gasteiger partial charge < -0.3 is 34.6 Å². The van der Waals surface area contributed by atoms with E-state index in [2.05, 4.69) is 78.0 Å². The quantitative estimate of drug-likeness (QED) is 0.0163. The number of ether oxygens (including phenoxy) is 1. The lowest BCUT2D eigenvalue weighted by Gasteiger charge is -2.39. The van der Waals surface area contributed by atoms with Gasteiger partial charge in [-0.15, -0.1) is 11.8 Å². The Bertz CT molecular complexity index is 3730. The average Bonchev–Trinajstić information content (AvgIpc) is 2.17. The number of nitro benzene ring substituents is 1. The number of hydrogen-bond acceptors (Lipinski definition) is 16. The van der Waals surface area contributed by atoms with Crippen molar-refractivity contribution in [3.05, 3.63) is 146 Å². The Kier molecular flexibility index (Phi) is 18.7. The monoisotopic (exact) mass is 1240 g/mol. The van der Waals surface area contributed by atoms with E-state index < -0.39 is 43.4 Å². The number of piperidine rings is 2. The largest absolute Gasteiger partial charge is 0.455 e. The fourth-order valence-electron chi connectivity index (χ4n) is 12.5. The van der Waals surface area contributed by atoms with Crippen molar-refractivity contribution >= 4 is 90.7 Å². The third-order valence-electron chi connectivity index (χ3n) is 17.6. The van der Waals surface area contributed by atoms with Gasteiger partial charge in [0.25, 0.3) is 27.5 Å². The van der Waals surface area contributed by atoms with Gasteiger partial charge >= 0.3 is 0 Å². The molecule has 6 aromatic rings. The molecule has 1 aliphatic carbocycles. The van der Waals surface area contributed by atoms with Gasteiger partial charge in [-0.05, 0) is 166 Å². The minimum atomic E-state index is -4.62. The van der Waals surface area contributed by atoms with Crippen LogP contribution in [0.15, 0.2) is 119 Å². The number of nitro groups is 1. The number of hydrogen-bond donors (Lipinski definition) is 4. The molecule has 4 aromatic carbocycles. The number of pyridine rings is 1. The number of sulfonamides is 1. The van der Waals surface area contributed by atoms with Crippen LogP contribution < -0.4 is 25.0 Å². The number of nitrogens with zero attached hydrogens (tertiary/aromatic N) is 7. The number of likely N-dealkylation sites (tertiary alicyclic amines) is 1. The molecule has 5 aliphatic rings. The second-order valence-corrected chi connectivity index (χ2v) is 27.5. The maximum Gasteiger partial charge on any atom is 0.293 e. The molecule has 4 amide bonds. The van der Waals surface area contributed by atoms with E-state index >= 15 is 0 Å². The Morgan fingerprint density at radius 3 is 2.49 bits per heavy atom. The van der Waals surface area contributed by atoms with Crippen LogP contribution in [0.3, 0.4) is 0 Å². The molecule has 4 aliphatic heterocycles. The Morgan fingerprint density at radius 2 is 1.72 bits per heavy atom. The summed E-state index contributed by atoms with van der Waals surface area (Å²) in [7, 11) is -2.51. The minimum Gasteiger partial charge on any atom is -0.455 e. The summed E-state index contributed by atoms with van der Waals surface area (Å²) in [6.45, 7) is 13.8. The van der Waals surface area contributed by atoms with Crippen molar-refractivity contribution in [1.29, 1.82) is 0 Å². The van der Waals surface area contributed by atoms with Crippen molar-refractivity contribution in [2.24, 2.45) is 11.3 Å². The zero-order chi connectivity index (χ0) is 61.0. The zero-order valence-electron chi connectivity index (χ0n) is 49.3. The predicted molar refractivity (Wildman–Crippen MR) is 338 cm³/mol. The van der Waals surface area contributed by atoms with Crippen LogP contribution in [-0.4, -0.2) is 157 Å². The van der Waals surface area contributed by atoms with Crippen LogP contribution in [0.5, 0.6) is 11.5 Å². The van der Waals surface area contributed by atoms with Crippen molar-refractivity contribution in [3.63, 3.8) is 0 Å². The van der Waals surface area contributed by atoms with E-state index in [-0.39, 0.29) is 46.6 Å². The highest BCUT2D eigenvalue weighted by Crippen LogP contribution is 2.44. The van der Waals surface area contributed by atoms with E-state index in [9.17, 15) is 37.7 Å². The molecular weight excluding hydrogens is 1170 g/mol. The average molecular weight is 1240 g/mol. The number of H-pyrrole nitrogens is 1. The topological polar surface area (TPSA) is 236 Å². The Balaban J connectivity index is 0.663. The zero-order valence-corrected chi connectivity index (χ0v) is 51.7. The lowest BCUT2D eigenvalue weighted by Crippen LogP contribution is -2.52. The number of rotatable bonds is 22. The van der Waals surface area contributed by atoms with E-state index in [0.717, 1.165) is 129 Å². The van der Waals surface area contributed by atoms with Crippen LogP contribution in [0.25, 0.3) is 16.6 Å². The van der Waals surface area contributed by atoms with Gasteiger partial charge in [-0.25, -0.2) is 18.1 Å². The summed E-state index contributed by atoms with van der Waals surface area (Å²) < 4.78 is 36.5. The fourth-order valence-corrected chi connectivity index (χ4v) is 14.6. The number of amides is 4. The molecule has 6 heterocycles. The van der Waals surface area contributed by atoms with E-state index in [4.69, 9.17) is 16.3 Å². The van der Waals surface area contributed by atoms with Crippen molar-refractivity contribution in [2.75, 3.05) is 95.0 Å². The molecule has 3 fully saturated rings. The number of halogens is 1. The lowest BCUT2D eigenvalue weighted by molar-refractivity contribution is -0.384. The number of piperazine rings is 1. The number of anilines is 2. The van der Waals surface area contributed by atoms with Crippen LogP contribution in [0.1, 0.15) is 97.1 Å². The molecule has 23 heteroatoms. The molecule has 1 atom stereocenters. The molecule has 0 bridgehead atoms. The molecule has 87 heavy (non-hydrogen) atoms. The number of carbonyl (C=O) groups excluding carboxylic acids is 4. The first-order valence-corrected chi connectivity index (χ1v) is 32.8. The van der Waals surface area contributed by atoms with E-state index in [1.54, 1.807) is 47.1 Å². The number of thioether (sulfide) groups is 1. The third kappa shape index (κ3) is 14.6. The van der Waals surface area contributed by atoms with Crippen LogP contribution in [0, 0.1) is 21.4 Å². The summed E-state index contributed by atoms with van der Waals surface area (Å²) in [6, 6.07) is 25.6. The molecule has 2 aromatic heterocycles. The molecule has 4 N–H and O–H groups in total. The first-order chi connectivity index (χ1) is 41.8. The maximum atomic E-state index is 14.2. The number of aromatic amines is 1. The molecular formula is C64H74ClN11O9S2. The first-order valence-electron chi connectivity index (χ1n) is 29.9. The van der Waals surface area contributed by atoms with Crippen LogP contribution >= 0.6 is 23.4 Å². The van der Waals surface area contributed by atoms with Gasteiger partial charge in [0.2, 0.25) is 11.8 Å². The summed E-state index contributed by atoms with van der Waals surface area (Å²) in [6.07, 6.45) is 9.70. The van der Waals surface area contributed by atoms with Crippen molar-refractivity contribution < 1.29 is 37.3 Å². The summed E-state index contributed by atoms with van der Waals surface area (Å²) in [5, 5.41) is 19.6. The van der Waals surface area contributed by atoms with Crippen molar-refractivity contribution in [2.45, 2.75) is 87.6 Å². The Labute approximate surface area is 516 Å². The van der Waals surface area contributed by atoms with Crippen molar-refractivity contribution in [3.8, 4) is 11.5 Å². The number of imide groups is 1. The molecule has 1 unspecified atom stereocenters. The standard InChI is InChI=1S/C64H74ClN11O9S2/c1-64(2)22-18-45(52(37-64)43-8-10-46(65)11-9-43)40-73-29-31-74(32-30-73)47-12-14-51(57(35-47)85-48-34-44-19-23-66-60(44)68-39-48)61(78)70-87(83,84)49-13-15-54(56(36-49)76(81)82)67-38-42-20-25-72(26-21-42)28-27-71(3)24-5-33-86-58-7-4-6-50-53(58)41-75(63(50)80)55-16-17-59(77)69-62(55)79/h4,6-15,19,23,34-36,39,42,55,67H,5,16-18,20-22,24-33,37-38,40-41H2,1-3H3,(H,66,68)(H,70,78)(H,69,77,79). The number of aromatic nitrogens is 2.